The van der Waals surface area contributed by atoms with E-state index in [4.69, 9.17) is 21.1 Å². The zero-order chi connectivity index (χ0) is 19.2. The van der Waals surface area contributed by atoms with Gasteiger partial charge in [0.1, 0.15) is 18.1 Å². The average molecular weight is 399 g/mol. The minimum absolute atomic E-state index is 0.0530. The fourth-order valence-electron chi connectivity index (χ4n) is 2.50. The predicted molar refractivity (Wildman–Crippen MR) is 90.3 cm³/mol. The van der Waals surface area contributed by atoms with E-state index in [0.717, 1.165) is 0 Å². The lowest BCUT2D eigenvalue weighted by Crippen LogP contribution is -2.41. The second-order valence-corrected chi connectivity index (χ2v) is 6.09. The minimum atomic E-state index is -0.554. The molecule has 144 valence electrons. The zero-order valence-electron chi connectivity index (χ0n) is 14.1. The lowest BCUT2D eigenvalue weighted by molar-refractivity contribution is 0.0244. The molecular weight excluding hydrogens is 383 g/mol. The Labute approximate surface area is 158 Å². The van der Waals surface area contributed by atoms with Crippen LogP contribution in [0.5, 0.6) is 0 Å². The Hall–Kier alpha value is -2.72. The molecule has 11 heteroatoms. The third kappa shape index (κ3) is 4.72. The largest absolute Gasteiger partial charge is 0.443 e. The van der Waals surface area contributed by atoms with E-state index in [2.05, 4.69) is 20.1 Å². The summed E-state index contributed by atoms with van der Waals surface area (Å²) in [5.74, 6) is -0.554. The summed E-state index contributed by atoms with van der Waals surface area (Å²) in [5.41, 5.74) is 1.02. The lowest BCUT2D eigenvalue weighted by Gasteiger charge is -2.25. The van der Waals surface area contributed by atoms with Gasteiger partial charge in [-0.2, -0.15) is 0 Å². The van der Waals surface area contributed by atoms with Crippen molar-refractivity contribution in [2.24, 2.45) is 5.16 Å². The quantitative estimate of drug-likeness (QED) is 0.467. The van der Waals surface area contributed by atoms with Gasteiger partial charge in [-0.05, 0) is 22.9 Å². The van der Waals surface area contributed by atoms with Crippen molar-refractivity contribution >= 4 is 23.4 Å². The van der Waals surface area contributed by atoms with Gasteiger partial charge in [0.25, 0.3) is 0 Å². The average Bonchev–Trinajstić information content (AvgIpc) is 3.16. The van der Waals surface area contributed by atoms with Gasteiger partial charge in [0.05, 0.1) is 18.2 Å². The molecule has 2 aromatic rings. The van der Waals surface area contributed by atoms with Crippen LogP contribution in [0.15, 0.2) is 28.0 Å². The van der Waals surface area contributed by atoms with E-state index in [1.165, 1.54) is 23.1 Å². The summed E-state index contributed by atoms with van der Waals surface area (Å²) in [7, 11) is 0. The van der Waals surface area contributed by atoms with Crippen molar-refractivity contribution in [1.82, 2.24) is 15.2 Å². The van der Waals surface area contributed by atoms with Crippen LogP contribution >= 0.6 is 11.6 Å². The highest BCUT2D eigenvalue weighted by Crippen LogP contribution is 2.18. The molecule has 0 aliphatic carbocycles. The van der Waals surface area contributed by atoms with Crippen LogP contribution in [0.1, 0.15) is 17.0 Å². The van der Waals surface area contributed by atoms with Crippen molar-refractivity contribution in [3.05, 3.63) is 46.0 Å². The summed E-state index contributed by atoms with van der Waals surface area (Å²) in [6.07, 6.45) is -0.421. The molecule has 1 aliphatic rings. The number of halogens is 2. The van der Waals surface area contributed by atoms with E-state index in [1.54, 1.807) is 0 Å². The maximum atomic E-state index is 13.3. The van der Waals surface area contributed by atoms with Crippen LogP contribution in [0, 0.1) is 5.82 Å². The second-order valence-electron chi connectivity index (χ2n) is 5.69. The minimum Gasteiger partial charge on any atom is -0.443 e. The first kappa shape index (κ1) is 19.1. The Morgan fingerprint density at radius 2 is 2.15 bits per heavy atom. The molecule has 3 rings (SSSR count). The molecule has 1 amide bonds. The van der Waals surface area contributed by atoms with Gasteiger partial charge >= 0.3 is 6.09 Å². The molecule has 1 fully saturated rings. The summed E-state index contributed by atoms with van der Waals surface area (Å²) in [6, 6.07) is 4.12. The van der Waals surface area contributed by atoms with Crippen molar-refractivity contribution in [3.63, 3.8) is 0 Å². The van der Waals surface area contributed by atoms with E-state index >= 15 is 0 Å². The molecule has 2 heterocycles. The van der Waals surface area contributed by atoms with E-state index < -0.39 is 11.9 Å². The number of oxime groups is 1. The Morgan fingerprint density at radius 3 is 2.85 bits per heavy atom. The first-order valence-electron chi connectivity index (χ1n) is 8.04. The summed E-state index contributed by atoms with van der Waals surface area (Å²) in [5, 5.41) is 19.9. The highest BCUT2D eigenvalue weighted by Gasteiger charge is 2.22. The monoisotopic (exact) mass is 398 g/mol. The zero-order valence-corrected chi connectivity index (χ0v) is 14.9. The number of morpholine rings is 1. The van der Waals surface area contributed by atoms with Gasteiger partial charge in [-0.25, -0.2) is 13.8 Å². The smallest absolute Gasteiger partial charge is 0.410 e. The lowest BCUT2D eigenvalue weighted by atomic mass is 10.1. The van der Waals surface area contributed by atoms with Crippen LogP contribution in [0.25, 0.3) is 0 Å². The Morgan fingerprint density at radius 1 is 1.37 bits per heavy atom. The van der Waals surface area contributed by atoms with Crippen LogP contribution in [0.3, 0.4) is 0 Å². The van der Waals surface area contributed by atoms with Crippen LogP contribution in [0.4, 0.5) is 9.18 Å². The van der Waals surface area contributed by atoms with Gasteiger partial charge < -0.3 is 19.6 Å². The fraction of sp³-hybridized carbons (Fsp3) is 0.375. The van der Waals surface area contributed by atoms with Crippen LogP contribution < -0.4 is 0 Å². The summed E-state index contributed by atoms with van der Waals surface area (Å²) >= 11 is 5.76. The molecule has 0 radical (unpaired) electrons. The van der Waals surface area contributed by atoms with Gasteiger partial charge in [-0.3, -0.25) is 0 Å². The van der Waals surface area contributed by atoms with Gasteiger partial charge in [-0.15, -0.1) is 0 Å². The van der Waals surface area contributed by atoms with E-state index in [1.807, 2.05) is 0 Å². The molecule has 0 bridgehead atoms. The van der Waals surface area contributed by atoms with Crippen molar-refractivity contribution in [1.29, 1.82) is 0 Å². The molecule has 1 aromatic carbocycles. The summed E-state index contributed by atoms with van der Waals surface area (Å²) < 4.78 is 28.3. The number of ether oxygens (including phenoxy) is 2. The number of carbonyl (C=O) groups is 1. The fourth-order valence-corrected chi connectivity index (χ4v) is 2.70. The van der Waals surface area contributed by atoms with E-state index in [-0.39, 0.29) is 35.1 Å². The number of aromatic nitrogens is 2. The number of nitrogens with zero attached hydrogens (tertiary/aromatic N) is 4. The molecule has 9 nitrogen and oxygen atoms in total. The standard InChI is InChI=1S/C16H16ClFN4O5/c17-11-7-10(1-2-12(11)18)8-13(19-24)15-14(20-27-21-15)9-26-16(23)22-3-5-25-6-4-22/h1-2,7,24H,3-6,8-9H2. The summed E-state index contributed by atoms with van der Waals surface area (Å²) in [6.45, 7) is 1.58. The van der Waals surface area contributed by atoms with Gasteiger partial charge in [0.2, 0.25) is 0 Å². The first-order chi connectivity index (χ1) is 13.1. The van der Waals surface area contributed by atoms with Crippen molar-refractivity contribution in [3.8, 4) is 0 Å². The molecule has 0 saturated carbocycles. The number of hydrogen-bond donors (Lipinski definition) is 1. The second kappa shape index (κ2) is 8.78. The van der Waals surface area contributed by atoms with Crippen molar-refractivity contribution in [2.75, 3.05) is 26.3 Å². The number of benzene rings is 1. The Balaban J connectivity index is 1.66. The molecule has 1 N–H and O–H groups in total. The van der Waals surface area contributed by atoms with Crippen molar-refractivity contribution in [2.45, 2.75) is 13.0 Å². The highest BCUT2D eigenvalue weighted by molar-refractivity contribution is 6.30. The number of rotatable bonds is 5. The van der Waals surface area contributed by atoms with Gasteiger partial charge in [-0.1, -0.05) is 28.0 Å². The Bertz CT molecular complexity index is 838. The highest BCUT2D eigenvalue weighted by atomic mass is 35.5. The van der Waals surface area contributed by atoms with Gasteiger partial charge in [0, 0.05) is 19.5 Å². The molecule has 1 aliphatic heterocycles. The van der Waals surface area contributed by atoms with Gasteiger partial charge in [0.15, 0.2) is 11.4 Å². The van der Waals surface area contributed by atoms with Crippen molar-refractivity contribution < 1.29 is 28.5 Å². The molecular formula is C16H16ClFN4O5. The Kier molecular flexibility index (Phi) is 6.20. The molecule has 1 saturated heterocycles. The molecule has 1 aromatic heterocycles. The summed E-state index contributed by atoms with van der Waals surface area (Å²) in [4.78, 5) is 13.6. The SMILES string of the molecule is O=C(OCc1nonc1C(Cc1ccc(F)c(Cl)c1)=NO)N1CCOCC1. The number of carbonyl (C=O) groups excluding carboxylic acids is 1. The van der Waals surface area contributed by atoms with E-state index in [0.29, 0.717) is 31.9 Å². The molecule has 0 atom stereocenters. The van der Waals surface area contributed by atoms with Crippen LogP contribution in [0.2, 0.25) is 5.02 Å². The topological polar surface area (TPSA) is 110 Å². The first-order valence-corrected chi connectivity index (χ1v) is 8.42. The predicted octanol–water partition coefficient (Wildman–Crippen LogP) is 2.25. The van der Waals surface area contributed by atoms with E-state index in [9.17, 15) is 14.4 Å². The van der Waals surface area contributed by atoms with Crippen LogP contribution in [-0.2, 0) is 22.5 Å². The molecule has 0 spiro atoms. The number of hydrogen-bond acceptors (Lipinski definition) is 8. The number of amides is 1. The molecule has 0 unspecified atom stereocenters. The maximum absolute atomic E-state index is 13.3. The maximum Gasteiger partial charge on any atom is 0.410 e. The van der Waals surface area contributed by atoms with Crippen LogP contribution in [-0.4, -0.2) is 58.5 Å². The third-order valence-electron chi connectivity index (χ3n) is 3.91. The molecule has 27 heavy (non-hydrogen) atoms. The third-order valence-corrected chi connectivity index (χ3v) is 4.20. The normalized spacial score (nSPS) is 15.0.